The number of allylic oxidation sites excluding steroid dienone is 1. The van der Waals surface area contributed by atoms with Gasteiger partial charge in [-0.2, -0.15) is 0 Å². The van der Waals surface area contributed by atoms with E-state index in [0.717, 1.165) is 21.6 Å². The van der Waals surface area contributed by atoms with Crippen LogP contribution in [-0.2, 0) is 0 Å². The molecule has 14 heavy (non-hydrogen) atoms. The number of hydrogen-bond donors (Lipinski definition) is 1. The molecule has 0 amide bonds. The van der Waals surface area contributed by atoms with Gasteiger partial charge in [0.05, 0.1) is 12.8 Å². The first-order chi connectivity index (χ1) is 6.67. The van der Waals surface area contributed by atoms with Gasteiger partial charge in [-0.1, -0.05) is 29.1 Å². The number of anilines is 1. The molecule has 0 atom stereocenters. The van der Waals surface area contributed by atoms with Gasteiger partial charge in [-0.25, -0.2) is 0 Å². The summed E-state index contributed by atoms with van der Waals surface area (Å²) >= 11 is 3.37. The predicted octanol–water partition coefficient (Wildman–Crippen LogP) is 3.57. The topological polar surface area (TPSA) is 21.3 Å². The first-order valence-electron chi connectivity index (χ1n) is 4.09. The molecule has 3 heteroatoms. The van der Waals surface area contributed by atoms with Gasteiger partial charge < -0.3 is 10.1 Å². The van der Waals surface area contributed by atoms with Crippen LogP contribution in [0.5, 0.6) is 5.75 Å². The second-order valence-corrected chi connectivity index (χ2v) is 3.61. The van der Waals surface area contributed by atoms with E-state index >= 15 is 0 Å². The quantitative estimate of drug-likeness (QED) is 0.829. The van der Waals surface area contributed by atoms with E-state index in [1.165, 1.54) is 0 Å². The van der Waals surface area contributed by atoms with Gasteiger partial charge in [0.25, 0.3) is 0 Å². The van der Waals surface area contributed by atoms with Crippen molar-refractivity contribution in [2.75, 3.05) is 12.4 Å². The molecule has 0 aliphatic rings. The van der Waals surface area contributed by atoms with Crippen LogP contribution in [0.3, 0.4) is 0 Å². The van der Waals surface area contributed by atoms with Crippen LogP contribution in [0, 0.1) is 0 Å². The average Bonchev–Trinajstić information content (AvgIpc) is 2.20. The zero-order valence-corrected chi connectivity index (χ0v) is 9.60. The Balaban J connectivity index is 2.96. The molecule has 0 heterocycles. The van der Waals surface area contributed by atoms with Gasteiger partial charge in [0.15, 0.2) is 0 Å². The zero-order valence-electron chi connectivity index (χ0n) is 8.01. The highest BCUT2D eigenvalue weighted by Crippen LogP contribution is 2.28. The summed E-state index contributed by atoms with van der Waals surface area (Å²) in [5.74, 6) is 0.766. The highest BCUT2D eigenvalue weighted by atomic mass is 79.9. The minimum absolute atomic E-state index is 0.741. The molecule has 0 radical (unpaired) electrons. The molecule has 1 aromatic carbocycles. The third-order valence-corrected chi connectivity index (χ3v) is 2.20. The molecule has 0 saturated carbocycles. The van der Waals surface area contributed by atoms with E-state index in [0.29, 0.717) is 0 Å². The monoisotopic (exact) mass is 253 g/mol. The summed E-state index contributed by atoms with van der Waals surface area (Å²) in [7, 11) is 1.63. The Bertz CT molecular complexity index is 360. The largest absolute Gasteiger partial charge is 0.495 e. The van der Waals surface area contributed by atoms with Gasteiger partial charge in [-0.3, -0.25) is 0 Å². The van der Waals surface area contributed by atoms with Gasteiger partial charge >= 0.3 is 0 Å². The molecule has 0 spiro atoms. The van der Waals surface area contributed by atoms with Crippen molar-refractivity contribution in [2.24, 2.45) is 0 Å². The summed E-state index contributed by atoms with van der Waals surface area (Å²) in [4.78, 5) is 0. The molecule has 0 aliphatic heterocycles. The smallest absolute Gasteiger partial charge is 0.143 e. The standard InChI is InChI=1S/C11H12BrNO/c1-4-8(2)13-10-6-5-9(12)7-11(10)14-3/h4-7,13H,1-2H2,3H3. The SMILES string of the molecule is C=CC(=C)Nc1ccc(Br)cc1OC. The van der Waals surface area contributed by atoms with E-state index in [1.54, 1.807) is 13.2 Å². The molecule has 1 aromatic rings. The number of benzene rings is 1. The van der Waals surface area contributed by atoms with E-state index in [-0.39, 0.29) is 0 Å². The summed E-state index contributed by atoms with van der Waals surface area (Å²) in [6, 6.07) is 5.73. The minimum Gasteiger partial charge on any atom is -0.495 e. The number of nitrogens with one attached hydrogen (secondary N) is 1. The third kappa shape index (κ3) is 2.64. The molecule has 0 bridgehead atoms. The van der Waals surface area contributed by atoms with E-state index in [1.807, 2.05) is 18.2 Å². The molecular weight excluding hydrogens is 242 g/mol. The minimum atomic E-state index is 0.741. The Labute approximate surface area is 92.4 Å². The Morgan fingerprint density at radius 1 is 1.57 bits per heavy atom. The molecule has 1 N–H and O–H groups in total. The lowest BCUT2D eigenvalue weighted by atomic mass is 10.3. The van der Waals surface area contributed by atoms with Gasteiger partial charge in [0.1, 0.15) is 5.75 Å². The highest BCUT2D eigenvalue weighted by Gasteiger charge is 2.02. The van der Waals surface area contributed by atoms with Crippen molar-refractivity contribution >= 4 is 21.6 Å². The molecular formula is C11H12BrNO. The van der Waals surface area contributed by atoms with Gasteiger partial charge in [-0.05, 0) is 24.3 Å². The van der Waals surface area contributed by atoms with E-state index < -0.39 is 0 Å². The van der Waals surface area contributed by atoms with Crippen LogP contribution in [0.4, 0.5) is 5.69 Å². The maximum absolute atomic E-state index is 5.20. The van der Waals surface area contributed by atoms with Gasteiger partial charge in [-0.15, -0.1) is 0 Å². The first-order valence-corrected chi connectivity index (χ1v) is 4.88. The highest BCUT2D eigenvalue weighted by molar-refractivity contribution is 9.10. The summed E-state index contributed by atoms with van der Waals surface area (Å²) < 4.78 is 6.18. The molecule has 0 fully saturated rings. The fourth-order valence-electron chi connectivity index (χ4n) is 0.992. The fraction of sp³-hybridized carbons (Fsp3) is 0.0909. The molecule has 0 saturated heterocycles. The molecule has 0 aromatic heterocycles. The number of halogens is 1. The van der Waals surface area contributed by atoms with Crippen LogP contribution in [-0.4, -0.2) is 7.11 Å². The summed E-state index contributed by atoms with van der Waals surface area (Å²) in [6.45, 7) is 7.39. The molecule has 0 unspecified atom stereocenters. The summed E-state index contributed by atoms with van der Waals surface area (Å²) in [5.41, 5.74) is 1.62. The molecule has 74 valence electrons. The maximum atomic E-state index is 5.20. The van der Waals surface area contributed by atoms with Crippen molar-refractivity contribution in [1.29, 1.82) is 0 Å². The molecule has 2 nitrogen and oxygen atoms in total. The summed E-state index contributed by atoms with van der Waals surface area (Å²) in [5, 5.41) is 3.08. The van der Waals surface area contributed by atoms with Gasteiger partial charge in [0.2, 0.25) is 0 Å². The van der Waals surface area contributed by atoms with Crippen LogP contribution in [0.25, 0.3) is 0 Å². The van der Waals surface area contributed by atoms with E-state index in [4.69, 9.17) is 4.74 Å². The lowest BCUT2D eigenvalue weighted by molar-refractivity contribution is 0.416. The Kier molecular flexibility index (Phi) is 3.77. The summed E-state index contributed by atoms with van der Waals surface area (Å²) in [6.07, 6.45) is 1.65. The van der Waals surface area contributed by atoms with Gasteiger partial charge in [0, 0.05) is 10.2 Å². The van der Waals surface area contributed by atoms with E-state index in [2.05, 4.69) is 34.4 Å². The van der Waals surface area contributed by atoms with Crippen molar-refractivity contribution in [2.45, 2.75) is 0 Å². The third-order valence-electron chi connectivity index (χ3n) is 1.71. The lowest BCUT2D eigenvalue weighted by Gasteiger charge is -2.10. The van der Waals surface area contributed by atoms with Crippen molar-refractivity contribution in [3.8, 4) is 5.75 Å². The lowest BCUT2D eigenvalue weighted by Crippen LogP contribution is -1.97. The van der Waals surface area contributed by atoms with Crippen LogP contribution >= 0.6 is 15.9 Å². The van der Waals surface area contributed by atoms with Crippen LogP contribution in [0.15, 0.2) is 47.6 Å². The number of methoxy groups -OCH3 is 1. The second-order valence-electron chi connectivity index (χ2n) is 2.70. The number of hydrogen-bond acceptors (Lipinski definition) is 2. The van der Waals surface area contributed by atoms with Crippen molar-refractivity contribution in [3.05, 3.63) is 47.6 Å². The Morgan fingerprint density at radius 2 is 2.29 bits per heavy atom. The normalized spacial score (nSPS) is 9.29. The van der Waals surface area contributed by atoms with Crippen molar-refractivity contribution < 1.29 is 4.74 Å². The Morgan fingerprint density at radius 3 is 2.86 bits per heavy atom. The number of rotatable bonds is 4. The van der Waals surface area contributed by atoms with E-state index in [9.17, 15) is 0 Å². The molecule has 1 rings (SSSR count). The maximum Gasteiger partial charge on any atom is 0.143 e. The second kappa shape index (κ2) is 4.86. The van der Waals surface area contributed by atoms with Crippen LogP contribution < -0.4 is 10.1 Å². The van der Waals surface area contributed by atoms with Crippen LogP contribution in [0.2, 0.25) is 0 Å². The van der Waals surface area contributed by atoms with Crippen molar-refractivity contribution in [3.63, 3.8) is 0 Å². The first kappa shape index (κ1) is 10.9. The fourth-order valence-corrected chi connectivity index (χ4v) is 1.33. The van der Waals surface area contributed by atoms with Crippen molar-refractivity contribution in [1.82, 2.24) is 0 Å². The predicted molar refractivity (Wildman–Crippen MR) is 63.7 cm³/mol. The number of ether oxygens (including phenoxy) is 1. The molecule has 0 aliphatic carbocycles. The zero-order chi connectivity index (χ0) is 10.6. The average molecular weight is 254 g/mol. The Hall–Kier alpha value is -1.22. The van der Waals surface area contributed by atoms with Crippen LogP contribution in [0.1, 0.15) is 0 Å².